The van der Waals surface area contributed by atoms with E-state index in [1.165, 1.54) is 11.4 Å². The van der Waals surface area contributed by atoms with Crippen LogP contribution in [0.15, 0.2) is 35.2 Å². The van der Waals surface area contributed by atoms with E-state index < -0.39 is 10.0 Å². The first-order valence-electron chi connectivity index (χ1n) is 4.60. The lowest BCUT2D eigenvalue weighted by Crippen LogP contribution is -2.31. The number of hydrogen-bond acceptors (Lipinski definition) is 2. The maximum Gasteiger partial charge on any atom is 0.242 e. The van der Waals surface area contributed by atoms with E-state index >= 15 is 0 Å². The molecule has 0 fully saturated rings. The molecule has 0 amide bonds. The maximum atomic E-state index is 11.9. The van der Waals surface area contributed by atoms with Gasteiger partial charge in [-0.2, -0.15) is 4.31 Å². The molecule has 1 aromatic rings. The summed E-state index contributed by atoms with van der Waals surface area (Å²) in [5.74, 6) is 0. The van der Waals surface area contributed by atoms with Gasteiger partial charge in [0, 0.05) is 19.0 Å². The minimum absolute atomic E-state index is 0.200. The molecule has 1 unspecified atom stereocenters. The summed E-state index contributed by atoms with van der Waals surface area (Å²) in [6, 6.07) is 8.33. The monoisotopic (exact) mass is 247 g/mol. The zero-order chi connectivity index (χ0) is 11.5. The summed E-state index contributed by atoms with van der Waals surface area (Å²) in [4.78, 5) is 0.296. The summed E-state index contributed by atoms with van der Waals surface area (Å²) in [6.07, 6.45) is 0. The summed E-state index contributed by atoms with van der Waals surface area (Å²) in [5, 5.41) is -0.200. The van der Waals surface area contributed by atoms with Crippen molar-refractivity contribution in [1.82, 2.24) is 4.31 Å². The van der Waals surface area contributed by atoms with Crippen LogP contribution in [0.5, 0.6) is 0 Å². The number of sulfonamides is 1. The van der Waals surface area contributed by atoms with Gasteiger partial charge < -0.3 is 0 Å². The van der Waals surface area contributed by atoms with Crippen LogP contribution in [0.25, 0.3) is 0 Å². The average Bonchev–Trinajstić information content (AvgIpc) is 2.18. The number of halogens is 1. The van der Waals surface area contributed by atoms with Crippen molar-refractivity contribution in [3.05, 3.63) is 30.3 Å². The predicted octanol–water partition coefficient (Wildman–Crippen LogP) is 1.93. The van der Waals surface area contributed by atoms with Crippen molar-refractivity contribution in [2.75, 3.05) is 13.6 Å². The molecule has 1 aromatic carbocycles. The molecule has 1 rings (SSSR count). The van der Waals surface area contributed by atoms with Crippen molar-refractivity contribution >= 4 is 21.6 Å². The molecule has 0 bridgehead atoms. The Bertz CT molecular complexity index is 403. The van der Waals surface area contributed by atoms with Gasteiger partial charge in [-0.15, -0.1) is 11.6 Å². The van der Waals surface area contributed by atoms with E-state index in [-0.39, 0.29) is 5.38 Å². The van der Waals surface area contributed by atoms with Gasteiger partial charge in [0.05, 0.1) is 4.90 Å². The zero-order valence-corrected chi connectivity index (χ0v) is 10.3. The first-order valence-corrected chi connectivity index (χ1v) is 6.47. The third kappa shape index (κ3) is 3.19. The molecule has 0 aromatic heterocycles. The fourth-order valence-electron chi connectivity index (χ4n) is 1.22. The lowest BCUT2D eigenvalue weighted by Gasteiger charge is -2.18. The van der Waals surface area contributed by atoms with Gasteiger partial charge in [-0.25, -0.2) is 8.42 Å². The number of nitrogens with zero attached hydrogens (tertiary/aromatic N) is 1. The highest BCUT2D eigenvalue weighted by molar-refractivity contribution is 7.89. The van der Waals surface area contributed by atoms with Gasteiger partial charge in [0.15, 0.2) is 0 Å². The van der Waals surface area contributed by atoms with Gasteiger partial charge >= 0.3 is 0 Å². The van der Waals surface area contributed by atoms with Gasteiger partial charge in [-0.05, 0) is 19.1 Å². The molecule has 0 saturated heterocycles. The fourth-order valence-corrected chi connectivity index (χ4v) is 2.79. The molecule has 3 nitrogen and oxygen atoms in total. The summed E-state index contributed by atoms with van der Waals surface area (Å²) < 4.78 is 25.1. The number of benzene rings is 1. The SMILES string of the molecule is CC(Cl)CN(C)S(=O)(=O)c1ccccc1. The first kappa shape index (κ1) is 12.5. The largest absolute Gasteiger partial charge is 0.242 e. The van der Waals surface area contributed by atoms with Crippen molar-refractivity contribution in [1.29, 1.82) is 0 Å². The molecule has 5 heteroatoms. The van der Waals surface area contributed by atoms with E-state index in [4.69, 9.17) is 11.6 Å². The Morgan fingerprint density at radius 3 is 2.33 bits per heavy atom. The van der Waals surface area contributed by atoms with E-state index in [1.807, 2.05) is 0 Å². The van der Waals surface area contributed by atoms with Crippen LogP contribution < -0.4 is 0 Å². The standard InChI is InChI=1S/C10H14ClNO2S/c1-9(11)8-12(2)15(13,14)10-6-4-3-5-7-10/h3-7,9H,8H2,1-2H3. The van der Waals surface area contributed by atoms with E-state index in [0.29, 0.717) is 11.4 Å². The van der Waals surface area contributed by atoms with E-state index in [1.54, 1.807) is 37.3 Å². The Morgan fingerprint density at radius 1 is 1.33 bits per heavy atom. The predicted molar refractivity (Wildman–Crippen MR) is 61.6 cm³/mol. The van der Waals surface area contributed by atoms with Gasteiger partial charge in [0.25, 0.3) is 0 Å². The second-order valence-electron chi connectivity index (χ2n) is 3.38. The molecule has 0 spiro atoms. The molecule has 0 heterocycles. The number of rotatable bonds is 4. The van der Waals surface area contributed by atoms with Crippen LogP contribution in [0.2, 0.25) is 0 Å². The Hall–Kier alpha value is -0.580. The van der Waals surface area contributed by atoms with Crippen LogP contribution in [0.4, 0.5) is 0 Å². The first-order chi connectivity index (χ1) is 6.94. The van der Waals surface area contributed by atoms with Crippen LogP contribution in [0.3, 0.4) is 0 Å². The van der Waals surface area contributed by atoms with Crippen molar-refractivity contribution < 1.29 is 8.42 Å². The van der Waals surface area contributed by atoms with E-state index in [2.05, 4.69) is 0 Å². The third-order valence-corrected chi connectivity index (χ3v) is 3.94. The molecule has 0 saturated carbocycles. The molecular formula is C10H14ClNO2S. The second-order valence-corrected chi connectivity index (χ2v) is 6.17. The highest BCUT2D eigenvalue weighted by Crippen LogP contribution is 2.14. The Morgan fingerprint density at radius 2 is 1.87 bits per heavy atom. The van der Waals surface area contributed by atoms with Crippen LogP contribution in [-0.2, 0) is 10.0 Å². The fraction of sp³-hybridized carbons (Fsp3) is 0.400. The topological polar surface area (TPSA) is 37.4 Å². The molecule has 0 aliphatic rings. The zero-order valence-electron chi connectivity index (χ0n) is 8.72. The van der Waals surface area contributed by atoms with Crippen molar-refractivity contribution in [2.45, 2.75) is 17.2 Å². The molecule has 0 aliphatic heterocycles. The highest BCUT2D eigenvalue weighted by atomic mass is 35.5. The van der Waals surface area contributed by atoms with Gasteiger partial charge in [0.1, 0.15) is 0 Å². The normalized spacial score (nSPS) is 14.1. The molecule has 1 atom stereocenters. The molecule has 84 valence electrons. The Kier molecular flexibility index (Phi) is 4.13. The smallest absolute Gasteiger partial charge is 0.207 e. The minimum atomic E-state index is -3.39. The summed E-state index contributed by atoms with van der Waals surface area (Å²) in [6.45, 7) is 2.07. The maximum absolute atomic E-state index is 11.9. The number of alkyl halides is 1. The minimum Gasteiger partial charge on any atom is -0.207 e. The molecular weight excluding hydrogens is 234 g/mol. The van der Waals surface area contributed by atoms with Gasteiger partial charge in [-0.1, -0.05) is 18.2 Å². The Balaban J connectivity index is 2.94. The Labute approximate surface area is 95.7 Å². The summed E-state index contributed by atoms with van der Waals surface area (Å²) >= 11 is 5.76. The summed E-state index contributed by atoms with van der Waals surface area (Å²) in [7, 11) is -1.86. The average molecular weight is 248 g/mol. The van der Waals surface area contributed by atoms with Crippen LogP contribution in [0, 0.1) is 0 Å². The van der Waals surface area contributed by atoms with Crippen LogP contribution in [0.1, 0.15) is 6.92 Å². The highest BCUT2D eigenvalue weighted by Gasteiger charge is 2.20. The van der Waals surface area contributed by atoms with Crippen molar-refractivity contribution in [2.24, 2.45) is 0 Å². The summed E-state index contributed by atoms with van der Waals surface area (Å²) in [5.41, 5.74) is 0. The number of hydrogen-bond donors (Lipinski definition) is 0. The van der Waals surface area contributed by atoms with Crippen LogP contribution >= 0.6 is 11.6 Å². The lowest BCUT2D eigenvalue weighted by molar-refractivity contribution is 0.470. The lowest BCUT2D eigenvalue weighted by atomic mass is 10.4. The molecule has 0 N–H and O–H groups in total. The second kappa shape index (κ2) is 4.96. The van der Waals surface area contributed by atoms with Crippen molar-refractivity contribution in [3.63, 3.8) is 0 Å². The van der Waals surface area contributed by atoms with Gasteiger partial charge in [-0.3, -0.25) is 0 Å². The van der Waals surface area contributed by atoms with E-state index in [0.717, 1.165) is 0 Å². The van der Waals surface area contributed by atoms with Crippen molar-refractivity contribution in [3.8, 4) is 0 Å². The molecule has 0 radical (unpaired) electrons. The van der Waals surface area contributed by atoms with E-state index in [9.17, 15) is 8.42 Å². The molecule has 15 heavy (non-hydrogen) atoms. The van der Waals surface area contributed by atoms with Gasteiger partial charge in [0.2, 0.25) is 10.0 Å². The quantitative estimate of drug-likeness (QED) is 0.763. The molecule has 0 aliphatic carbocycles. The third-order valence-electron chi connectivity index (χ3n) is 1.96. The van der Waals surface area contributed by atoms with Crippen LogP contribution in [-0.4, -0.2) is 31.7 Å².